The Labute approximate surface area is 175 Å². The molecule has 4 rings (SSSR count). The second-order valence-electron chi connectivity index (χ2n) is 7.45. The number of benzene rings is 2. The summed E-state index contributed by atoms with van der Waals surface area (Å²) in [7, 11) is -3.43. The van der Waals surface area contributed by atoms with Crippen molar-refractivity contribution in [2.45, 2.75) is 30.0 Å². The fraction of sp³-hybridized carbons (Fsp3) is 0.318. The van der Waals surface area contributed by atoms with Crippen LogP contribution in [0, 0.1) is 5.92 Å². The predicted molar refractivity (Wildman–Crippen MR) is 116 cm³/mol. The van der Waals surface area contributed by atoms with Crippen LogP contribution in [0.2, 0.25) is 0 Å². The minimum absolute atomic E-state index is 0.00108. The number of sulfonamides is 1. The number of hydrogen-bond acceptors (Lipinski definition) is 4. The van der Waals surface area contributed by atoms with Crippen LogP contribution in [-0.2, 0) is 14.8 Å². The normalized spacial score (nSPS) is 17.3. The Balaban J connectivity index is 1.37. The van der Waals surface area contributed by atoms with Gasteiger partial charge in [-0.1, -0.05) is 42.5 Å². The minimum Gasteiger partial charge on any atom is -0.349 e. The molecule has 7 heteroatoms. The highest BCUT2D eigenvalue weighted by Crippen LogP contribution is 2.27. The molecule has 0 saturated carbocycles. The van der Waals surface area contributed by atoms with Crippen molar-refractivity contribution in [3.8, 4) is 0 Å². The summed E-state index contributed by atoms with van der Waals surface area (Å²) in [5, 5.41) is 7.20. The Morgan fingerprint density at radius 1 is 1.07 bits per heavy atom. The fourth-order valence-corrected chi connectivity index (χ4v) is 6.40. The van der Waals surface area contributed by atoms with Crippen molar-refractivity contribution < 1.29 is 13.2 Å². The Morgan fingerprint density at radius 3 is 2.48 bits per heavy atom. The molecule has 1 aliphatic heterocycles. The summed E-state index contributed by atoms with van der Waals surface area (Å²) >= 11 is 1.23. The van der Waals surface area contributed by atoms with Crippen LogP contribution in [-0.4, -0.2) is 31.7 Å². The zero-order valence-electron chi connectivity index (χ0n) is 16.2. The molecular formula is C22H24N2O3S2. The van der Waals surface area contributed by atoms with Gasteiger partial charge in [-0.25, -0.2) is 8.42 Å². The molecule has 2 heterocycles. The SMILES string of the molecule is CC(NC(=O)C1CCN(S(=O)(=O)c2cccs2)CC1)c1ccc2ccccc2c1. The van der Waals surface area contributed by atoms with Crippen molar-refractivity contribution in [2.24, 2.45) is 5.92 Å². The lowest BCUT2D eigenvalue weighted by molar-refractivity contribution is -0.126. The van der Waals surface area contributed by atoms with Crippen LogP contribution in [0.1, 0.15) is 31.4 Å². The molecule has 152 valence electrons. The number of rotatable bonds is 5. The van der Waals surface area contributed by atoms with Crippen molar-refractivity contribution in [1.29, 1.82) is 0 Å². The summed E-state index contributed by atoms with van der Waals surface area (Å²) < 4.78 is 27.1. The quantitative estimate of drug-likeness (QED) is 0.663. The molecule has 1 N–H and O–H groups in total. The van der Waals surface area contributed by atoms with E-state index in [1.54, 1.807) is 17.5 Å². The molecule has 1 saturated heterocycles. The van der Waals surface area contributed by atoms with Gasteiger partial charge in [0, 0.05) is 19.0 Å². The van der Waals surface area contributed by atoms with Gasteiger partial charge >= 0.3 is 0 Å². The van der Waals surface area contributed by atoms with Crippen LogP contribution < -0.4 is 5.32 Å². The summed E-state index contributed by atoms with van der Waals surface area (Å²) in [6, 6.07) is 17.7. The second-order valence-corrected chi connectivity index (χ2v) is 10.6. The van der Waals surface area contributed by atoms with Crippen LogP contribution in [0.4, 0.5) is 0 Å². The summed E-state index contributed by atoms with van der Waals surface area (Å²) in [4.78, 5) is 12.8. The van der Waals surface area contributed by atoms with Crippen molar-refractivity contribution in [1.82, 2.24) is 9.62 Å². The van der Waals surface area contributed by atoms with E-state index in [2.05, 4.69) is 29.6 Å². The highest BCUT2D eigenvalue weighted by Gasteiger charge is 2.32. The first-order valence-electron chi connectivity index (χ1n) is 9.78. The lowest BCUT2D eigenvalue weighted by atomic mass is 9.96. The molecule has 5 nitrogen and oxygen atoms in total. The predicted octanol–water partition coefficient (Wildman–Crippen LogP) is 4.18. The van der Waals surface area contributed by atoms with E-state index in [0.29, 0.717) is 30.1 Å². The number of thiophene rings is 1. The van der Waals surface area contributed by atoms with Crippen molar-refractivity contribution >= 4 is 38.0 Å². The van der Waals surface area contributed by atoms with Crippen molar-refractivity contribution in [2.75, 3.05) is 13.1 Å². The molecule has 1 atom stereocenters. The maximum atomic E-state index is 12.8. The maximum Gasteiger partial charge on any atom is 0.252 e. The Bertz CT molecular complexity index is 1100. The average Bonchev–Trinajstić information content (AvgIpc) is 3.29. The first-order chi connectivity index (χ1) is 13.9. The number of carbonyl (C=O) groups excluding carboxylic acids is 1. The molecule has 1 aromatic heterocycles. The summed E-state index contributed by atoms with van der Waals surface area (Å²) in [6.07, 6.45) is 1.09. The molecule has 1 aliphatic rings. The van der Waals surface area contributed by atoms with Gasteiger partial charge in [0.25, 0.3) is 10.0 Å². The van der Waals surface area contributed by atoms with Gasteiger partial charge in [-0.05, 0) is 53.6 Å². The zero-order chi connectivity index (χ0) is 20.4. The monoisotopic (exact) mass is 428 g/mol. The van der Waals surface area contributed by atoms with Gasteiger partial charge < -0.3 is 5.32 Å². The second kappa shape index (κ2) is 8.26. The lowest BCUT2D eigenvalue weighted by Gasteiger charge is -2.30. The lowest BCUT2D eigenvalue weighted by Crippen LogP contribution is -2.43. The van der Waals surface area contributed by atoms with Gasteiger partial charge in [-0.2, -0.15) is 4.31 Å². The first-order valence-corrected chi connectivity index (χ1v) is 12.1. The van der Waals surface area contributed by atoms with Crippen molar-refractivity contribution in [3.63, 3.8) is 0 Å². The first kappa shape index (κ1) is 20.1. The number of hydrogen-bond donors (Lipinski definition) is 1. The molecule has 29 heavy (non-hydrogen) atoms. The number of amides is 1. The smallest absolute Gasteiger partial charge is 0.252 e. The number of nitrogens with one attached hydrogen (secondary N) is 1. The van der Waals surface area contributed by atoms with Gasteiger partial charge in [0.1, 0.15) is 4.21 Å². The van der Waals surface area contributed by atoms with Crippen LogP contribution in [0.15, 0.2) is 64.2 Å². The molecule has 0 bridgehead atoms. The van der Waals surface area contributed by atoms with Gasteiger partial charge in [0.15, 0.2) is 0 Å². The Morgan fingerprint density at radius 2 is 1.79 bits per heavy atom. The molecule has 1 amide bonds. The molecule has 0 radical (unpaired) electrons. The molecule has 1 unspecified atom stereocenters. The molecule has 0 aliphatic carbocycles. The van der Waals surface area contributed by atoms with Gasteiger partial charge in [-0.3, -0.25) is 4.79 Å². The number of piperidine rings is 1. The summed E-state index contributed by atoms with van der Waals surface area (Å²) in [6.45, 7) is 2.74. The Kier molecular flexibility index (Phi) is 5.72. The number of nitrogens with zero attached hydrogens (tertiary/aromatic N) is 1. The Hall–Kier alpha value is -2.22. The highest BCUT2D eigenvalue weighted by atomic mass is 32.2. The van der Waals surface area contributed by atoms with Crippen molar-refractivity contribution in [3.05, 3.63) is 65.5 Å². The van der Waals surface area contributed by atoms with E-state index in [-0.39, 0.29) is 17.9 Å². The summed E-state index contributed by atoms with van der Waals surface area (Å²) in [5.74, 6) is -0.161. The van der Waals surface area contributed by atoms with E-state index in [9.17, 15) is 13.2 Å². The van der Waals surface area contributed by atoms with Crippen LogP contribution in [0.5, 0.6) is 0 Å². The van der Waals surface area contributed by atoms with Gasteiger partial charge in [0.05, 0.1) is 6.04 Å². The van der Waals surface area contributed by atoms with E-state index < -0.39 is 10.0 Å². The van der Waals surface area contributed by atoms with E-state index in [0.717, 1.165) is 10.9 Å². The topological polar surface area (TPSA) is 66.5 Å². The molecule has 3 aromatic rings. The van der Waals surface area contributed by atoms with E-state index in [4.69, 9.17) is 0 Å². The fourth-order valence-electron chi connectivity index (χ4n) is 3.79. The summed E-state index contributed by atoms with van der Waals surface area (Å²) in [5.41, 5.74) is 1.06. The third kappa shape index (κ3) is 4.22. The third-order valence-electron chi connectivity index (χ3n) is 5.55. The zero-order valence-corrected chi connectivity index (χ0v) is 17.9. The highest BCUT2D eigenvalue weighted by molar-refractivity contribution is 7.91. The minimum atomic E-state index is -3.43. The standard InChI is InChI=1S/C22H24N2O3S2/c1-16(19-9-8-17-5-2-3-6-20(17)15-19)23-22(25)18-10-12-24(13-11-18)29(26,27)21-7-4-14-28-21/h2-9,14-16,18H,10-13H2,1H3,(H,23,25). The van der Waals surface area contributed by atoms with Gasteiger partial charge in [-0.15, -0.1) is 11.3 Å². The van der Waals surface area contributed by atoms with Crippen LogP contribution in [0.25, 0.3) is 10.8 Å². The van der Waals surface area contributed by atoms with E-state index >= 15 is 0 Å². The molecule has 1 fully saturated rings. The third-order valence-corrected chi connectivity index (χ3v) is 8.82. The molecular weight excluding hydrogens is 404 g/mol. The molecule has 0 spiro atoms. The van der Waals surface area contributed by atoms with E-state index in [1.807, 2.05) is 25.1 Å². The number of fused-ring (bicyclic) bond motifs is 1. The van der Waals surface area contributed by atoms with Crippen LogP contribution in [0.3, 0.4) is 0 Å². The average molecular weight is 429 g/mol. The van der Waals surface area contributed by atoms with E-state index in [1.165, 1.54) is 21.0 Å². The largest absolute Gasteiger partial charge is 0.349 e. The molecule has 2 aromatic carbocycles. The number of carbonyl (C=O) groups is 1. The van der Waals surface area contributed by atoms with Gasteiger partial charge in [0.2, 0.25) is 5.91 Å². The van der Waals surface area contributed by atoms with Crippen LogP contribution >= 0.6 is 11.3 Å². The maximum absolute atomic E-state index is 12.8.